The molecule has 0 aromatic heterocycles. The van der Waals surface area contributed by atoms with Crippen molar-refractivity contribution in [2.24, 2.45) is 5.92 Å². The van der Waals surface area contributed by atoms with Crippen LogP contribution in [0.3, 0.4) is 0 Å². The fourth-order valence-electron chi connectivity index (χ4n) is 2.14. The molecular weight excluding hydrogens is 198 g/mol. The van der Waals surface area contributed by atoms with Crippen LogP contribution in [0.5, 0.6) is 0 Å². The number of ether oxygens (including phenoxy) is 1. The first-order valence-electron chi connectivity index (χ1n) is 5.15. The lowest BCUT2D eigenvalue weighted by atomic mass is 10.2. The predicted molar refractivity (Wildman–Crippen MR) is 55.2 cm³/mol. The van der Waals surface area contributed by atoms with Crippen molar-refractivity contribution >= 4 is 18.9 Å². The summed E-state index contributed by atoms with van der Waals surface area (Å²) < 4.78 is 5.45. The maximum absolute atomic E-state index is 11.9. The van der Waals surface area contributed by atoms with E-state index in [4.69, 9.17) is 17.6 Å². The minimum atomic E-state index is -0.423. The van der Waals surface area contributed by atoms with Crippen LogP contribution in [0.1, 0.15) is 33.6 Å². The number of nitrogens with zero attached hydrogens (tertiary/aromatic N) is 1. The minimum Gasteiger partial charge on any atom is -0.481 e. The molecule has 0 radical (unpaired) electrons. The highest BCUT2D eigenvalue weighted by molar-refractivity contribution is 7.52. The molecule has 2 fully saturated rings. The van der Waals surface area contributed by atoms with Crippen molar-refractivity contribution in [1.82, 2.24) is 0 Å². The van der Waals surface area contributed by atoms with Crippen LogP contribution in [0.25, 0.3) is 0 Å². The Morgan fingerprint density at radius 2 is 2.14 bits per heavy atom. The summed E-state index contributed by atoms with van der Waals surface area (Å²) in [6.07, 6.45) is 1.98. The maximum atomic E-state index is 11.9. The van der Waals surface area contributed by atoms with Crippen molar-refractivity contribution in [3.05, 3.63) is 0 Å². The van der Waals surface area contributed by atoms with E-state index in [-0.39, 0.29) is 9.98 Å². The number of fused-ring (bicyclic) bond motifs is 1. The van der Waals surface area contributed by atoms with Gasteiger partial charge in [-0.25, -0.2) is 0 Å². The SMILES string of the molecule is CC(C)(C)OC(=O)[N+]1([S-])CCC2CC21. The highest BCUT2D eigenvalue weighted by Crippen LogP contribution is 2.49. The predicted octanol–water partition coefficient (Wildman–Crippen LogP) is 1.99. The molecule has 1 saturated heterocycles. The van der Waals surface area contributed by atoms with Crippen LogP contribution in [0, 0.1) is 5.92 Å². The van der Waals surface area contributed by atoms with Gasteiger partial charge in [0.25, 0.3) is 0 Å². The number of quaternary nitrogens is 1. The zero-order chi connectivity index (χ0) is 10.6. The Labute approximate surface area is 90.5 Å². The van der Waals surface area contributed by atoms with E-state index in [1.165, 1.54) is 0 Å². The number of carbonyl (C=O) groups is 1. The van der Waals surface area contributed by atoms with Gasteiger partial charge in [0.05, 0.1) is 12.6 Å². The van der Waals surface area contributed by atoms with Gasteiger partial charge in [-0.05, 0) is 20.8 Å². The first-order valence-corrected chi connectivity index (χ1v) is 5.52. The standard InChI is InChI=1S/C10H17NO2S/c1-10(2,3)13-9(12)11(14)5-4-7-6-8(7)11/h7-8H,4-6H2,1-3H3. The molecular formula is C10H17NO2S. The molecule has 1 saturated carbocycles. The summed E-state index contributed by atoms with van der Waals surface area (Å²) in [5.74, 6) is 0.694. The Morgan fingerprint density at radius 1 is 1.50 bits per heavy atom. The van der Waals surface area contributed by atoms with E-state index in [1.54, 1.807) is 0 Å². The molecule has 1 aliphatic carbocycles. The van der Waals surface area contributed by atoms with Crippen molar-refractivity contribution in [3.63, 3.8) is 0 Å². The smallest absolute Gasteiger partial charge is 0.481 e. The molecule has 3 nitrogen and oxygen atoms in total. The van der Waals surface area contributed by atoms with Crippen LogP contribution in [-0.4, -0.2) is 28.2 Å². The molecule has 1 heterocycles. The summed E-state index contributed by atoms with van der Waals surface area (Å²) in [5, 5.41) is 0. The molecule has 14 heavy (non-hydrogen) atoms. The summed E-state index contributed by atoms with van der Waals surface area (Å²) in [7, 11) is 0. The monoisotopic (exact) mass is 215 g/mol. The number of amides is 1. The molecule has 4 heteroatoms. The van der Waals surface area contributed by atoms with Crippen molar-refractivity contribution in [3.8, 4) is 0 Å². The van der Waals surface area contributed by atoms with E-state index < -0.39 is 5.60 Å². The van der Waals surface area contributed by atoms with Gasteiger partial charge in [0.2, 0.25) is 0 Å². The normalized spacial score (nSPS) is 40.6. The Bertz CT molecular complexity index is 274. The van der Waals surface area contributed by atoms with Gasteiger partial charge in [-0.2, -0.15) is 4.79 Å². The van der Waals surface area contributed by atoms with Crippen LogP contribution < -0.4 is 0 Å². The van der Waals surface area contributed by atoms with Crippen LogP contribution >= 0.6 is 0 Å². The van der Waals surface area contributed by atoms with Gasteiger partial charge < -0.3 is 21.4 Å². The summed E-state index contributed by atoms with van der Waals surface area (Å²) >= 11 is 5.38. The lowest BCUT2D eigenvalue weighted by molar-refractivity contribution is -0.721. The average Bonchev–Trinajstić information content (AvgIpc) is 2.70. The number of hydrogen-bond donors (Lipinski definition) is 0. The molecule has 1 amide bonds. The molecule has 0 N–H and O–H groups in total. The molecule has 2 rings (SSSR count). The van der Waals surface area contributed by atoms with Crippen molar-refractivity contribution in [2.75, 3.05) is 6.54 Å². The topological polar surface area (TPSA) is 26.3 Å². The van der Waals surface area contributed by atoms with Gasteiger partial charge in [-0.15, -0.1) is 0 Å². The third kappa shape index (κ3) is 1.65. The Hall–Kier alpha value is -0.220. The van der Waals surface area contributed by atoms with Gasteiger partial charge in [0.1, 0.15) is 5.60 Å². The quantitative estimate of drug-likeness (QED) is 0.456. The van der Waals surface area contributed by atoms with Gasteiger partial charge in [0.15, 0.2) is 0 Å². The fraction of sp³-hybridized carbons (Fsp3) is 0.900. The van der Waals surface area contributed by atoms with Gasteiger partial charge in [-0.1, -0.05) is 0 Å². The lowest BCUT2D eigenvalue weighted by Crippen LogP contribution is -2.50. The molecule has 3 unspecified atom stereocenters. The van der Waals surface area contributed by atoms with E-state index in [1.807, 2.05) is 20.8 Å². The van der Waals surface area contributed by atoms with Crippen LogP contribution in [0.2, 0.25) is 0 Å². The zero-order valence-electron chi connectivity index (χ0n) is 8.95. The number of likely N-dealkylation sites (tertiary alicyclic amines) is 1. The summed E-state index contributed by atoms with van der Waals surface area (Å²) in [6.45, 7) is 6.42. The largest absolute Gasteiger partial charge is 0.498 e. The number of rotatable bonds is 0. The van der Waals surface area contributed by atoms with Gasteiger partial charge >= 0.3 is 6.09 Å². The molecule has 0 bridgehead atoms. The van der Waals surface area contributed by atoms with Crippen LogP contribution in [0.15, 0.2) is 0 Å². The number of piperidine rings is 1. The maximum Gasteiger partial charge on any atom is 0.498 e. The minimum absolute atomic E-state index is 0.0991. The van der Waals surface area contributed by atoms with Crippen molar-refractivity contribution < 1.29 is 13.4 Å². The molecule has 0 aromatic carbocycles. The van der Waals surface area contributed by atoms with Crippen LogP contribution in [0.4, 0.5) is 4.79 Å². The molecule has 3 atom stereocenters. The van der Waals surface area contributed by atoms with E-state index >= 15 is 0 Å². The summed E-state index contributed by atoms with van der Waals surface area (Å²) in [5.41, 5.74) is -0.423. The second-order valence-corrected chi connectivity index (χ2v) is 6.00. The van der Waals surface area contributed by atoms with Crippen molar-refractivity contribution in [1.29, 1.82) is 0 Å². The molecule has 0 spiro atoms. The van der Waals surface area contributed by atoms with E-state index in [2.05, 4.69) is 0 Å². The van der Waals surface area contributed by atoms with Crippen molar-refractivity contribution in [2.45, 2.75) is 45.3 Å². The van der Waals surface area contributed by atoms with E-state index in [0.717, 1.165) is 19.4 Å². The summed E-state index contributed by atoms with van der Waals surface area (Å²) in [6, 6.07) is 0.375. The number of carbonyl (C=O) groups excluding carboxylic acids is 1. The Morgan fingerprint density at radius 3 is 2.50 bits per heavy atom. The highest BCUT2D eigenvalue weighted by atomic mass is 32.1. The molecule has 2 aliphatic rings. The molecule has 80 valence electrons. The zero-order valence-corrected chi connectivity index (χ0v) is 9.76. The summed E-state index contributed by atoms with van der Waals surface area (Å²) in [4.78, 5) is 11.9. The van der Waals surface area contributed by atoms with Gasteiger partial charge in [-0.3, -0.25) is 0 Å². The second kappa shape index (κ2) is 2.89. The molecule has 1 aliphatic heterocycles. The van der Waals surface area contributed by atoms with E-state index in [9.17, 15) is 4.79 Å². The third-order valence-corrected chi connectivity index (χ3v) is 3.56. The first kappa shape index (κ1) is 10.3. The highest BCUT2D eigenvalue weighted by Gasteiger charge is 2.58. The number of hydrogen-bond acceptors (Lipinski definition) is 3. The van der Waals surface area contributed by atoms with Crippen LogP contribution in [-0.2, 0) is 17.6 Å². The van der Waals surface area contributed by atoms with E-state index in [0.29, 0.717) is 12.0 Å². The van der Waals surface area contributed by atoms with Gasteiger partial charge in [0, 0.05) is 18.8 Å². The average molecular weight is 215 g/mol. The second-order valence-electron chi connectivity index (χ2n) is 5.35. The first-order chi connectivity index (χ1) is 6.33. The third-order valence-electron chi connectivity index (χ3n) is 2.96. The lowest BCUT2D eigenvalue weighted by Gasteiger charge is -2.39. The Balaban J connectivity index is 2.04. The molecule has 0 aromatic rings. The fourth-order valence-corrected chi connectivity index (χ4v) is 2.54. The Kier molecular flexibility index (Phi) is 2.13.